The summed E-state index contributed by atoms with van der Waals surface area (Å²) in [6.45, 7) is -0.544. The lowest BCUT2D eigenvalue weighted by atomic mass is 10.2. The van der Waals surface area contributed by atoms with E-state index in [0.29, 0.717) is 11.3 Å². The summed E-state index contributed by atoms with van der Waals surface area (Å²) < 4.78 is 25.5. The van der Waals surface area contributed by atoms with Crippen LogP contribution in [0, 0.1) is 0 Å². The quantitative estimate of drug-likeness (QED) is 0.788. The number of urea groups is 1. The van der Waals surface area contributed by atoms with Crippen LogP contribution >= 0.6 is 0 Å². The van der Waals surface area contributed by atoms with Crippen molar-refractivity contribution in [1.29, 1.82) is 0 Å². The van der Waals surface area contributed by atoms with Gasteiger partial charge in [0.15, 0.2) is 0 Å². The minimum absolute atomic E-state index is 0.276. The number of carbonyl (C=O) groups excluding carboxylic acids is 2. The van der Waals surface area contributed by atoms with Gasteiger partial charge in [-0.15, -0.1) is 0 Å². The third-order valence-electron chi connectivity index (χ3n) is 2.83. The Kier molecular flexibility index (Phi) is 5.23. The zero-order valence-corrected chi connectivity index (χ0v) is 12.2. The van der Waals surface area contributed by atoms with Crippen molar-refractivity contribution in [3.8, 4) is 0 Å². The van der Waals surface area contributed by atoms with Crippen LogP contribution in [0.4, 0.5) is 25.0 Å². The molecule has 2 aromatic rings. The molecule has 1 heterocycles. The van der Waals surface area contributed by atoms with Gasteiger partial charge in [-0.2, -0.15) is 5.10 Å². The molecule has 0 aliphatic heterocycles. The number of halogens is 2. The molecule has 7 nitrogen and oxygen atoms in total. The van der Waals surface area contributed by atoms with Crippen molar-refractivity contribution in [2.45, 2.75) is 13.0 Å². The lowest BCUT2D eigenvalue weighted by Gasteiger charge is -2.07. The van der Waals surface area contributed by atoms with Crippen LogP contribution in [0.5, 0.6) is 0 Å². The number of alkyl halides is 2. The second-order valence-corrected chi connectivity index (χ2v) is 4.58. The first-order valence-electron chi connectivity index (χ1n) is 6.68. The SMILES string of the molecule is CNC(=O)c1cccc(NC(=O)Nc2cnn(CC(F)F)c2)c1. The minimum atomic E-state index is -2.52. The number of hydrogen-bond acceptors (Lipinski definition) is 3. The zero-order valence-electron chi connectivity index (χ0n) is 12.2. The van der Waals surface area contributed by atoms with Crippen LogP contribution in [0.1, 0.15) is 10.4 Å². The van der Waals surface area contributed by atoms with Crippen molar-refractivity contribution in [3.05, 3.63) is 42.2 Å². The van der Waals surface area contributed by atoms with Crippen molar-refractivity contribution in [3.63, 3.8) is 0 Å². The molecule has 23 heavy (non-hydrogen) atoms. The Hall–Kier alpha value is -2.97. The smallest absolute Gasteiger partial charge is 0.323 e. The van der Waals surface area contributed by atoms with Crippen LogP contribution in [0.3, 0.4) is 0 Å². The number of nitrogens with one attached hydrogen (secondary N) is 3. The van der Waals surface area contributed by atoms with E-state index in [1.807, 2.05) is 0 Å². The van der Waals surface area contributed by atoms with Gasteiger partial charge in [0, 0.05) is 24.5 Å². The highest BCUT2D eigenvalue weighted by Gasteiger charge is 2.09. The van der Waals surface area contributed by atoms with Crippen LogP contribution in [0.15, 0.2) is 36.7 Å². The predicted molar refractivity (Wildman–Crippen MR) is 80.7 cm³/mol. The largest absolute Gasteiger partial charge is 0.355 e. The second kappa shape index (κ2) is 7.34. The molecule has 3 amide bonds. The number of carbonyl (C=O) groups is 2. The average molecular weight is 323 g/mol. The molecule has 0 saturated heterocycles. The van der Waals surface area contributed by atoms with Gasteiger partial charge in [0.1, 0.15) is 6.54 Å². The summed E-state index contributed by atoms with van der Waals surface area (Å²) in [5.41, 5.74) is 1.10. The topological polar surface area (TPSA) is 88.1 Å². The molecule has 0 spiro atoms. The van der Waals surface area contributed by atoms with Crippen molar-refractivity contribution in [2.24, 2.45) is 0 Å². The summed E-state index contributed by atoms with van der Waals surface area (Å²) in [5.74, 6) is -0.276. The minimum Gasteiger partial charge on any atom is -0.355 e. The van der Waals surface area contributed by atoms with Gasteiger partial charge in [-0.3, -0.25) is 9.48 Å². The molecule has 0 atom stereocenters. The molecular weight excluding hydrogens is 308 g/mol. The lowest BCUT2D eigenvalue weighted by Crippen LogP contribution is -2.20. The number of benzene rings is 1. The number of aromatic nitrogens is 2. The van der Waals surface area contributed by atoms with Crippen molar-refractivity contribution in [2.75, 3.05) is 17.7 Å². The molecule has 0 aliphatic carbocycles. The molecule has 0 aliphatic rings. The fourth-order valence-electron chi connectivity index (χ4n) is 1.85. The highest BCUT2D eigenvalue weighted by molar-refractivity contribution is 6.01. The third-order valence-corrected chi connectivity index (χ3v) is 2.83. The van der Waals surface area contributed by atoms with E-state index >= 15 is 0 Å². The van der Waals surface area contributed by atoms with Crippen molar-refractivity contribution in [1.82, 2.24) is 15.1 Å². The van der Waals surface area contributed by atoms with Gasteiger partial charge >= 0.3 is 6.03 Å². The Morgan fingerprint density at radius 1 is 1.26 bits per heavy atom. The van der Waals surface area contributed by atoms with E-state index in [2.05, 4.69) is 21.0 Å². The first-order chi connectivity index (χ1) is 11.0. The third kappa shape index (κ3) is 4.77. The van der Waals surface area contributed by atoms with E-state index < -0.39 is 19.0 Å². The summed E-state index contributed by atoms with van der Waals surface area (Å²) in [6, 6.07) is 5.79. The number of anilines is 2. The molecule has 122 valence electrons. The first-order valence-corrected chi connectivity index (χ1v) is 6.68. The molecular formula is C14H15F2N5O2. The second-order valence-electron chi connectivity index (χ2n) is 4.58. The number of hydrogen-bond donors (Lipinski definition) is 3. The predicted octanol–water partition coefficient (Wildman–Crippen LogP) is 2.15. The van der Waals surface area contributed by atoms with Crippen LogP contribution in [-0.4, -0.2) is 35.2 Å². The molecule has 0 fully saturated rings. The summed E-state index contributed by atoms with van der Waals surface area (Å²) in [5, 5.41) is 11.2. The molecule has 0 saturated carbocycles. The van der Waals surface area contributed by atoms with E-state index in [1.165, 1.54) is 25.5 Å². The van der Waals surface area contributed by atoms with Gasteiger partial charge in [0.2, 0.25) is 0 Å². The molecule has 3 N–H and O–H groups in total. The van der Waals surface area contributed by atoms with E-state index in [-0.39, 0.29) is 11.6 Å². The van der Waals surface area contributed by atoms with E-state index in [9.17, 15) is 18.4 Å². The summed E-state index contributed by atoms with van der Waals surface area (Å²) >= 11 is 0. The van der Waals surface area contributed by atoms with Gasteiger partial charge in [0.05, 0.1) is 11.9 Å². The van der Waals surface area contributed by atoms with Gasteiger partial charge in [-0.1, -0.05) is 6.07 Å². The Bertz CT molecular complexity index is 702. The van der Waals surface area contributed by atoms with E-state index in [4.69, 9.17) is 0 Å². The first kappa shape index (κ1) is 16.4. The highest BCUT2D eigenvalue weighted by Crippen LogP contribution is 2.12. The zero-order chi connectivity index (χ0) is 16.8. The van der Waals surface area contributed by atoms with Crippen LogP contribution in [-0.2, 0) is 6.54 Å². The number of amides is 3. The van der Waals surface area contributed by atoms with Crippen LogP contribution < -0.4 is 16.0 Å². The monoisotopic (exact) mass is 323 g/mol. The molecule has 2 rings (SSSR count). The Morgan fingerprint density at radius 3 is 2.70 bits per heavy atom. The van der Waals surface area contributed by atoms with Crippen molar-refractivity contribution >= 4 is 23.3 Å². The molecule has 1 aromatic carbocycles. The lowest BCUT2D eigenvalue weighted by molar-refractivity contribution is 0.0963. The normalized spacial score (nSPS) is 10.4. The highest BCUT2D eigenvalue weighted by atomic mass is 19.3. The van der Waals surface area contributed by atoms with E-state index in [1.54, 1.807) is 18.2 Å². The fourth-order valence-corrected chi connectivity index (χ4v) is 1.85. The molecule has 0 radical (unpaired) electrons. The Morgan fingerprint density at radius 2 is 2.00 bits per heavy atom. The maximum atomic E-state index is 12.2. The van der Waals surface area contributed by atoms with Gasteiger partial charge < -0.3 is 16.0 Å². The van der Waals surface area contributed by atoms with E-state index in [0.717, 1.165) is 4.68 Å². The van der Waals surface area contributed by atoms with Crippen molar-refractivity contribution < 1.29 is 18.4 Å². The van der Waals surface area contributed by atoms with Gasteiger partial charge in [-0.05, 0) is 18.2 Å². The Labute approximate surface area is 130 Å². The van der Waals surface area contributed by atoms with Crippen LogP contribution in [0.25, 0.3) is 0 Å². The Balaban J connectivity index is 1.97. The maximum absolute atomic E-state index is 12.2. The van der Waals surface area contributed by atoms with Crippen LogP contribution in [0.2, 0.25) is 0 Å². The average Bonchev–Trinajstić information content (AvgIpc) is 2.92. The summed E-state index contributed by atoms with van der Waals surface area (Å²) in [6.07, 6.45) is 0.0410. The molecule has 0 unspecified atom stereocenters. The number of rotatable bonds is 5. The molecule has 0 bridgehead atoms. The molecule has 9 heteroatoms. The summed E-state index contributed by atoms with van der Waals surface area (Å²) in [7, 11) is 1.51. The maximum Gasteiger partial charge on any atom is 0.323 e. The summed E-state index contributed by atoms with van der Waals surface area (Å²) in [4.78, 5) is 23.4. The fraction of sp³-hybridized carbons (Fsp3) is 0.214. The van der Waals surface area contributed by atoms with Gasteiger partial charge in [-0.25, -0.2) is 13.6 Å². The number of nitrogens with zero attached hydrogens (tertiary/aromatic N) is 2. The standard InChI is InChI=1S/C14H15F2N5O2/c1-17-13(22)9-3-2-4-10(5-9)19-14(23)20-11-6-18-21(7-11)8-12(15)16/h2-7,12H,8H2,1H3,(H,17,22)(H2,19,20,23). The van der Waals surface area contributed by atoms with Gasteiger partial charge in [0.25, 0.3) is 12.3 Å². The molecule has 1 aromatic heterocycles.